The summed E-state index contributed by atoms with van der Waals surface area (Å²) < 4.78 is 0. The quantitative estimate of drug-likeness (QED) is 0.756. The minimum absolute atomic E-state index is 0.0769. The molecule has 0 fully saturated rings. The van der Waals surface area contributed by atoms with Crippen LogP contribution in [0.2, 0.25) is 0 Å². The third-order valence-electron chi connectivity index (χ3n) is 1.48. The summed E-state index contributed by atoms with van der Waals surface area (Å²) in [4.78, 5) is 12.0. The summed E-state index contributed by atoms with van der Waals surface area (Å²) in [5.41, 5.74) is 0. The second-order valence-corrected chi connectivity index (χ2v) is 3.90. The molecular formula is C8H10O3S. The Morgan fingerprint density at radius 1 is 1.67 bits per heavy atom. The standard InChI is InChI=1S/C8H10O3S/c1-5-4-6(9)7(12-5)2-3-8(10)11/h4,9H,2-3H2,1H3,(H,10,11). The number of hydrogen-bond donors (Lipinski definition) is 2. The molecule has 1 heterocycles. The summed E-state index contributed by atoms with van der Waals surface area (Å²) in [6, 6.07) is 1.65. The summed E-state index contributed by atoms with van der Waals surface area (Å²) in [5, 5.41) is 17.7. The Morgan fingerprint density at radius 2 is 2.33 bits per heavy atom. The van der Waals surface area contributed by atoms with Crippen molar-refractivity contribution in [2.24, 2.45) is 0 Å². The lowest BCUT2D eigenvalue weighted by atomic mass is 10.2. The Morgan fingerprint density at radius 3 is 2.75 bits per heavy atom. The van der Waals surface area contributed by atoms with E-state index in [1.807, 2.05) is 6.92 Å². The van der Waals surface area contributed by atoms with Crippen molar-refractivity contribution in [3.63, 3.8) is 0 Å². The summed E-state index contributed by atoms with van der Waals surface area (Å²) in [6.07, 6.45) is 0.493. The number of carboxylic acid groups (broad SMARTS) is 1. The molecule has 0 aliphatic rings. The van der Waals surface area contributed by atoms with E-state index in [-0.39, 0.29) is 12.2 Å². The molecule has 0 aromatic carbocycles. The fourth-order valence-electron chi connectivity index (χ4n) is 0.949. The first kappa shape index (κ1) is 9.06. The van der Waals surface area contributed by atoms with Gasteiger partial charge in [-0.2, -0.15) is 0 Å². The molecule has 0 saturated carbocycles. The van der Waals surface area contributed by atoms with Crippen LogP contribution in [0.15, 0.2) is 6.07 Å². The van der Waals surface area contributed by atoms with Crippen molar-refractivity contribution in [3.05, 3.63) is 15.8 Å². The molecule has 0 spiro atoms. The number of carbonyl (C=O) groups is 1. The molecule has 4 heteroatoms. The van der Waals surface area contributed by atoms with E-state index in [1.165, 1.54) is 11.3 Å². The van der Waals surface area contributed by atoms with Crippen LogP contribution in [0.1, 0.15) is 16.2 Å². The van der Waals surface area contributed by atoms with Crippen LogP contribution >= 0.6 is 11.3 Å². The molecular weight excluding hydrogens is 176 g/mol. The average Bonchev–Trinajstić information content (AvgIpc) is 2.26. The van der Waals surface area contributed by atoms with Crippen LogP contribution in [-0.4, -0.2) is 16.2 Å². The largest absolute Gasteiger partial charge is 0.507 e. The highest BCUT2D eigenvalue weighted by Gasteiger charge is 2.07. The van der Waals surface area contributed by atoms with Gasteiger partial charge in [0.05, 0.1) is 6.42 Å². The van der Waals surface area contributed by atoms with E-state index in [0.717, 1.165) is 9.75 Å². The van der Waals surface area contributed by atoms with Crippen molar-refractivity contribution < 1.29 is 15.0 Å². The maximum Gasteiger partial charge on any atom is 0.303 e. The lowest BCUT2D eigenvalue weighted by molar-refractivity contribution is -0.136. The van der Waals surface area contributed by atoms with E-state index in [0.29, 0.717) is 6.42 Å². The molecule has 1 aromatic rings. The van der Waals surface area contributed by atoms with E-state index in [9.17, 15) is 9.90 Å². The van der Waals surface area contributed by atoms with Crippen molar-refractivity contribution in [3.8, 4) is 5.75 Å². The minimum atomic E-state index is -0.833. The van der Waals surface area contributed by atoms with Gasteiger partial charge in [0.1, 0.15) is 5.75 Å². The van der Waals surface area contributed by atoms with Crippen LogP contribution in [0.4, 0.5) is 0 Å². The molecule has 0 radical (unpaired) electrons. The second kappa shape index (κ2) is 3.58. The van der Waals surface area contributed by atoms with E-state index in [4.69, 9.17) is 5.11 Å². The van der Waals surface area contributed by atoms with Crippen molar-refractivity contribution in [1.82, 2.24) is 0 Å². The second-order valence-electron chi connectivity index (χ2n) is 2.56. The van der Waals surface area contributed by atoms with Crippen molar-refractivity contribution in [1.29, 1.82) is 0 Å². The smallest absolute Gasteiger partial charge is 0.303 e. The fraction of sp³-hybridized carbons (Fsp3) is 0.375. The van der Waals surface area contributed by atoms with Crippen LogP contribution in [0, 0.1) is 6.92 Å². The Bertz CT molecular complexity index is 290. The highest BCUT2D eigenvalue weighted by molar-refractivity contribution is 7.12. The summed E-state index contributed by atoms with van der Waals surface area (Å²) >= 11 is 1.44. The average molecular weight is 186 g/mol. The highest BCUT2D eigenvalue weighted by atomic mass is 32.1. The molecule has 0 bridgehead atoms. The normalized spacial score (nSPS) is 10.1. The Balaban J connectivity index is 2.62. The van der Waals surface area contributed by atoms with E-state index in [2.05, 4.69) is 0 Å². The summed E-state index contributed by atoms with van der Waals surface area (Å²) in [6.45, 7) is 1.88. The highest BCUT2D eigenvalue weighted by Crippen LogP contribution is 2.28. The number of rotatable bonds is 3. The van der Waals surface area contributed by atoms with Crippen molar-refractivity contribution in [2.75, 3.05) is 0 Å². The number of aryl methyl sites for hydroxylation is 2. The number of carboxylic acids is 1. The first-order chi connectivity index (χ1) is 5.59. The molecule has 0 amide bonds. The van der Waals surface area contributed by atoms with Gasteiger partial charge in [-0.1, -0.05) is 0 Å². The Labute approximate surface area is 74.3 Å². The SMILES string of the molecule is Cc1cc(O)c(CCC(=O)O)s1. The molecule has 66 valence electrons. The van der Waals surface area contributed by atoms with Gasteiger partial charge in [-0.25, -0.2) is 0 Å². The molecule has 2 N–H and O–H groups in total. The van der Waals surface area contributed by atoms with E-state index >= 15 is 0 Å². The van der Waals surface area contributed by atoms with Gasteiger partial charge >= 0.3 is 5.97 Å². The van der Waals surface area contributed by atoms with Crippen LogP contribution in [-0.2, 0) is 11.2 Å². The van der Waals surface area contributed by atoms with Crippen LogP contribution in [0.5, 0.6) is 5.75 Å². The monoisotopic (exact) mass is 186 g/mol. The number of hydrogen-bond acceptors (Lipinski definition) is 3. The van der Waals surface area contributed by atoms with Gasteiger partial charge in [-0.3, -0.25) is 4.79 Å². The molecule has 1 rings (SSSR count). The fourth-order valence-corrected chi connectivity index (χ4v) is 1.88. The van der Waals surface area contributed by atoms with E-state index < -0.39 is 5.97 Å². The Hall–Kier alpha value is -1.03. The van der Waals surface area contributed by atoms with Crippen LogP contribution < -0.4 is 0 Å². The Kier molecular flexibility index (Phi) is 2.70. The molecule has 1 aromatic heterocycles. The zero-order valence-electron chi connectivity index (χ0n) is 6.70. The number of thiophene rings is 1. The predicted octanol–water partition coefficient (Wildman–Crippen LogP) is 1.78. The lowest BCUT2D eigenvalue weighted by Gasteiger charge is -1.93. The molecule has 0 unspecified atom stereocenters. The maximum absolute atomic E-state index is 10.2. The summed E-state index contributed by atoms with van der Waals surface area (Å²) in [5.74, 6) is -0.612. The zero-order chi connectivity index (χ0) is 9.14. The first-order valence-electron chi connectivity index (χ1n) is 3.59. The molecule has 0 atom stereocenters. The van der Waals surface area contributed by atoms with Gasteiger partial charge in [0.2, 0.25) is 0 Å². The third kappa shape index (κ3) is 2.23. The van der Waals surface area contributed by atoms with E-state index in [1.54, 1.807) is 6.07 Å². The van der Waals surface area contributed by atoms with Gasteiger partial charge < -0.3 is 10.2 Å². The van der Waals surface area contributed by atoms with Gasteiger partial charge in [-0.05, 0) is 19.4 Å². The predicted molar refractivity (Wildman–Crippen MR) is 46.7 cm³/mol. The molecule has 0 saturated heterocycles. The lowest BCUT2D eigenvalue weighted by Crippen LogP contribution is -1.95. The minimum Gasteiger partial charge on any atom is -0.507 e. The third-order valence-corrected chi connectivity index (χ3v) is 2.58. The number of aromatic hydroxyl groups is 1. The van der Waals surface area contributed by atoms with Crippen molar-refractivity contribution >= 4 is 17.3 Å². The van der Waals surface area contributed by atoms with Gasteiger partial charge in [-0.15, -0.1) is 11.3 Å². The molecule has 0 aliphatic carbocycles. The van der Waals surface area contributed by atoms with Gasteiger partial charge in [0.15, 0.2) is 0 Å². The van der Waals surface area contributed by atoms with Gasteiger partial charge in [0, 0.05) is 9.75 Å². The maximum atomic E-state index is 10.2. The zero-order valence-corrected chi connectivity index (χ0v) is 7.52. The van der Waals surface area contributed by atoms with Crippen LogP contribution in [0.25, 0.3) is 0 Å². The van der Waals surface area contributed by atoms with Crippen LogP contribution in [0.3, 0.4) is 0 Å². The molecule has 0 aliphatic heterocycles. The molecule has 12 heavy (non-hydrogen) atoms. The summed E-state index contributed by atoms with van der Waals surface area (Å²) in [7, 11) is 0. The first-order valence-corrected chi connectivity index (χ1v) is 4.41. The number of aliphatic carboxylic acids is 1. The van der Waals surface area contributed by atoms with Gasteiger partial charge in [0.25, 0.3) is 0 Å². The van der Waals surface area contributed by atoms with Crippen molar-refractivity contribution in [2.45, 2.75) is 19.8 Å². The molecule has 3 nitrogen and oxygen atoms in total. The topological polar surface area (TPSA) is 57.5 Å².